The highest BCUT2D eigenvalue weighted by Crippen LogP contribution is 2.33. The molecule has 0 N–H and O–H groups in total. The van der Waals surface area contributed by atoms with Crippen LogP contribution in [0.15, 0.2) is 18.2 Å². The van der Waals surface area contributed by atoms with Crippen LogP contribution in [0.25, 0.3) is 0 Å². The van der Waals surface area contributed by atoms with E-state index in [1.54, 1.807) is 25.1 Å². The van der Waals surface area contributed by atoms with Crippen LogP contribution in [0.5, 0.6) is 5.75 Å². The van der Waals surface area contributed by atoms with Crippen LogP contribution in [0.2, 0.25) is 5.02 Å². The summed E-state index contributed by atoms with van der Waals surface area (Å²) in [5.41, 5.74) is 0.428. The number of carbonyl (C=O) groups is 3. The molecule has 2 fully saturated rings. The summed E-state index contributed by atoms with van der Waals surface area (Å²) in [6, 6.07) is 4.26. The van der Waals surface area contributed by atoms with Crippen LogP contribution in [-0.2, 0) is 19.1 Å². The maximum Gasteiger partial charge on any atom is 0.310 e. The molecule has 1 aromatic carbocycles. The van der Waals surface area contributed by atoms with Crippen LogP contribution in [0, 0.1) is 5.92 Å². The predicted octanol–water partition coefficient (Wildman–Crippen LogP) is 2.26. The number of hydrogen-bond donors (Lipinski definition) is 0. The summed E-state index contributed by atoms with van der Waals surface area (Å²) in [5.74, 6) is -0.580. The van der Waals surface area contributed by atoms with Gasteiger partial charge < -0.3 is 9.47 Å². The Morgan fingerprint density at radius 3 is 2.78 bits per heavy atom. The second kappa shape index (κ2) is 8.27. The number of halogens is 1. The molecule has 7 nitrogen and oxygen atoms in total. The first kappa shape index (κ1) is 19.6. The summed E-state index contributed by atoms with van der Waals surface area (Å²) in [5, 5.41) is 0.333. The third-order valence-corrected chi connectivity index (χ3v) is 5.33. The third kappa shape index (κ3) is 3.94. The lowest BCUT2D eigenvalue weighted by atomic mass is 9.96. The molecule has 0 aliphatic carbocycles. The van der Waals surface area contributed by atoms with Gasteiger partial charge in [-0.25, -0.2) is 4.90 Å². The normalized spacial score (nSPS) is 23.6. The molecule has 2 atom stereocenters. The van der Waals surface area contributed by atoms with Gasteiger partial charge in [0.25, 0.3) is 5.91 Å². The minimum atomic E-state index is -0.560. The quantitative estimate of drug-likeness (QED) is 0.563. The Morgan fingerprint density at radius 1 is 1.33 bits per heavy atom. The molecule has 146 valence electrons. The number of esters is 1. The molecule has 1 aromatic rings. The number of amides is 2. The van der Waals surface area contributed by atoms with Gasteiger partial charge in [-0.2, -0.15) is 0 Å². The van der Waals surface area contributed by atoms with Gasteiger partial charge in [-0.1, -0.05) is 11.6 Å². The predicted molar refractivity (Wildman–Crippen MR) is 99.8 cm³/mol. The van der Waals surface area contributed by atoms with Gasteiger partial charge in [0.2, 0.25) is 5.91 Å². The van der Waals surface area contributed by atoms with E-state index in [1.165, 1.54) is 12.0 Å². The number of benzene rings is 1. The van der Waals surface area contributed by atoms with E-state index in [1.807, 2.05) is 4.90 Å². The second-order valence-electron chi connectivity index (χ2n) is 6.69. The Kier molecular flexibility index (Phi) is 6.01. The highest BCUT2D eigenvalue weighted by Gasteiger charge is 2.44. The molecular formula is C19H23ClN2O5. The average Bonchev–Trinajstić information content (AvgIpc) is 2.96. The summed E-state index contributed by atoms with van der Waals surface area (Å²) in [7, 11) is 1.50. The van der Waals surface area contributed by atoms with E-state index >= 15 is 0 Å². The second-order valence-corrected chi connectivity index (χ2v) is 7.10. The van der Waals surface area contributed by atoms with Crippen molar-refractivity contribution in [2.75, 3.05) is 31.7 Å². The Morgan fingerprint density at radius 2 is 2.11 bits per heavy atom. The Labute approximate surface area is 163 Å². The molecule has 0 unspecified atom stereocenters. The Bertz CT molecular complexity index is 754. The topological polar surface area (TPSA) is 76.2 Å². The SMILES string of the molecule is CCOC(=O)[C@H]1CCCN([C@@H]2CC(=O)N(c3ccc(OC)c(Cl)c3)C2=O)C1. The zero-order valence-electron chi connectivity index (χ0n) is 15.4. The number of anilines is 1. The van der Waals surface area contributed by atoms with Crippen LogP contribution < -0.4 is 9.64 Å². The van der Waals surface area contributed by atoms with E-state index in [9.17, 15) is 14.4 Å². The fourth-order valence-corrected chi connectivity index (χ4v) is 3.96. The molecule has 0 bridgehead atoms. The van der Waals surface area contributed by atoms with E-state index < -0.39 is 6.04 Å². The van der Waals surface area contributed by atoms with E-state index in [2.05, 4.69) is 0 Å². The van der Waals surface area contributed by atoms with Gasteiger partial charge in [0, 0.05) is 6.54 Å². The number of piperidine rings is 1. The van der Waals surface area contributed by atoms with E-state index in [4.69, 9.17) is 21.1 Å². The zero-order valence-corrected chi connectivity index (χ0v) is 16.2. The molecule has 2 aliphatic heterocycles. The fourth-order valence-electron chi connectivity index (χ4n) is 3.71. The number of hydrogen-bond acceptors (Lipinski definition) is 6. The van der Waals surface area contributed by atoms with Crippen molar-refractivity contribution in [3.05, 3.63) is 23.2 Å². The molecule has 0 radical (unpaired) electrons. The van der Waals surface area contributed by atoms with Crippen molar-refractivity contribution in [1.82, 2.24) is 4.90 Å². The van der Waals surface area contributed by atoms with Gasteiger partial charge in [-0.05, 0) is 44.5 Å². The van der Waals surface area contributed by atoms with Crippen molar-refractivity contribution < 1.29 is 23.9 Å². The van der Waals surface area contributed by atoms with Crippen LogP contribution in [-0.4, -0.2) is 55.5 Å². The average molecular weight is 395 g/mol. The van der Waals surface area contributed by atoms with Crippen molar-refractivity contribution in [1.29, 1.82) is 0 Å². The Hall–Kier alpha value is -2.12. The first-order chi connectivity index (χ1) is 13.0. The fraction of sp³-hybridized carbons (Fsp3) is 0.526. The molecule has 2 heterocycles. The third-order valence-electron chi connectivity index (χ3n) is 5.03. The van der Waals surface area contributed by atoms with Gasteiger partial charge >= 0.3 is 5.97 Å². The van der Waals surface area contributed by atoms with Crippen LogP contribution in [0.4, 0.5) is 5.69 Å². The lowest BCUT2D eigenvalue weighted by molar-refractivity contribution is -0.150. The number of nitrogens with zero attached hydrogens (tertiary/aromatic N) is 2. The van der Waals surface area contributed by atoms with Crippen molar-refractivity contribution >= 4 is 35.1 Å². The first-order valence-electron chi connectivity index (χ1n) is 9.07. The monoisotopic (exact) mass is 394 g/mol. The number of carbonyl (C=O) groups excluding carboxylic acids is 3. The lowest BCUT2D eigenvalue weighted by Gasteiger charge is -2.34. The summed E-state index contributed by atoms with van der Waals surface area (Å²) in [6.07, 6.45) is 1.62. The van der Waals surface area contributed by atoms with Crippen LogP contribution in [0.1, 0.15) is 26.2 Å². The molecule has 8 heteroatoms. The maximum absolute atomic E-state index is 13.0. The summed E-state index contributed by atoms with van der Waals surface area (Å²) in [6.45, 7) is 3.22. The highest BCUT2D eigenvalue weighted by molar-refractivity contribution is 6.33. The van der Waals surface area contributed by atoms with Crippen molar-refractivity contribution in [2.24, 2.45) is 5.92 Å². The van der Waals surface area contributed by atoms with E-state index in [-0.39, 0.29) is 30.1 Å². The van der Waals surface area contributed by atoms with E-state index in [0.717, 1.165) is 12.8 Å². The van der Waals surface area contributed by atoms with Crippen LogP contribution >= 0.6 is 11.6 Å². The molecule has 0 saturated carbocycles. The molecule has 2 aliphatic rings. The number of imide groups is 1. The lowest BCUT2D eigenvalue weighted by Crippen LogP contribution is -2.48. The molecule has 27 heavy (non-hydrogen) atoms. The zero-order chi connectivity index (χ0) is 19.6. The standard InChI is InChI=1S/C19H23ClN2O5/c1-3-27-19(25)12-5-4-8-21(11-12)15-10-17(23)22(18(15)24)13-6-7-16(26-2)14(20)9-13/h6-7,9,12,15H,3-5,8,10-11H2,1-2H3/t12-,15+/m0/s1. The smallest absolute Gasteiger partial charge is 0.310 e. The van der Waals surface area contributed by atoms with Gasteiger partial charge in [0.15, 0.2) is 0 Å². The van der Waals surface area contributed by atoms with E-state index in [0.29, 0.717) is 36.2 Å². The van der Waals surface area contributed by atoms with Gasteiger partial charge in [0.05, 0.1) is 42.8 Å². The number of rotatable bonds is 5. The van der Waals surface area contributed by atoms with Crippen molar-refractivity contribution in [3.63, 3.8) is 0 Å². The molecule has 0 spiro atoms. The van der Waals surface area contributed by atoms with Gasteiger partial charge in [0.1, 0.15) is 5.75 Å². The van der Waals surface area contributed by atoms with Gasteiger partial charge in [-0.15, -0.1) is 0 Å². The minimum Gasteiger partial charge on any atom is -0.495 e. The summed E-state index contributed by atoms with van der Waals surface area (Å²) < 4.78 is 10.2. The highest BCUT2D eigenvalue weighted by atomic mass is 35.5. The maximum atomic E-state index is 13.0. The molecule has 2 saturated heterocycles. The van der Waals surface area contributed by atoms with Crippen molar-refractivity contribution in [3.8, 4) is 5.75 Å². The number of methoxy groups -OCH3 is 1. The largest absolute Gasteiger partial charge is 0.495 e. The molecule has 2 amide bonds. The molecule has 3 rings (SSSR count). The minimum absolute atomic E-state index is 0.0953. The molecular weight excluding hydrogens is 372 g/mol. The summed E-state index contributed by atoms with van der Waals surface area (Å²) >= 11 is 6.14. The van der Waals surface area contributed by atoms with Crippen molar-refractivity contribution in [2.45, 2.75) is 32.2 Å². The number of likely N-dealkylation sites (tertiary alicyclic amines) is 1. The van der Waals surface area contributed by atoms with Gasteiger partial charge in [-0.3, -0.25) is 19.3 Å². The summed E-state index contributed by atoms with van der Waals surface area (Å²) in [4.78, 5) is 40.6. The first-order valence-corrected chi connectivity index (χ1v) is 9.45. The molecule has 0 aromatic heterocycles. The van der Waals surface area contributed by atoms with Crippen LogP contribution in [0.3, 0.4) is 0 Å². The number of ether oxygens (including phenoxy) is 2. The Balaban J connectivity index is 1.75.